The average molecular weight is 274 g/mol. The molecule has 0 saturated carbocycles. The van der Waals surface area contributed by atoms with Gasteiger partial charge in [0.05, 0.1) is 0 Å². The van der Waals surface area contributed by atoms with Crippen molar-refractivity contribution in [2.45, 2.75) is 20.3 Å². The van der Waals surface area contributed by atoms with Gasteiger partial charge in [0.2, 0.25) is 0 Å². The fourth-order valence-corrected chi connectivity index (χ4v) is 2.06. The molecule has 0 spiro atoms. The maximum atomic E-state index is 12.2. The van der Waals surface area contributed by atoms with Crippen molar-refractivity contribution < 1.29 is 4.79 Å². The molecule has 0 bridgehead atoms. The standard InChI is InChI=1S/C16H16ClNO/c1-3-12-6-4-5-7-15(12)18-16(19)13-9-8-11(2)14(17)10-13/h4-10H,3H2,1-2H3,(H,18,19). The average Bonchev–Trinajstić information content (AvgIpc) is 2.42. The predicted molar refractivity (Wildman–Crippen MR) is 80.0 cm³/mol. The molecule has 3 heteroatoms. The van der Waals surface area contributed by atoms with E-state index in [1.165, 1.54) is 0 Å². The molecular formula is C16H16ClNO. The Morgan fingerprint density at radius 2 is 1.95 bits per heavy atom. The van der Waals surface area contributed by atoms with Crippen LogP contribution in [0.15, 0.2) is 42.5 Å². The largest absolute Gasteiger partial charge is 0.322 e. The highest BCUT2D eigenvalue weighted by Crippen LogP contribution is 2.19. The van der Waals surface area contributed by atoms with Crippen molar-refractivity contribution in [3.63, 3.8) is 0 Å². The van der Waals surface area contributed by atoms with E-state index < -0.39 is 0 Å². The van der Waals surface area contributed by atoms with Gasteiger partial charge in [-0.15, -0.1) is 0 Å². The van der Waals surface area contributed by atoms with E-state index in [-0.39, 0.29) is 5.91 Å². The summed E-state index contributed by atoms with van der Waals surface area (Å²) in [7, 11) is 0. The van der Waals surface area contributed by atoms with Crippen LogP contribution >= 0.6 is 11.6 Å². The van der Waals surface area contributed by atoms with Gasteiger partial charge in [-0.05, 0) is 42.7 Å². The van der Waals surface area contributed by atoms with Crippen molar-refractivity contribution in [3.05, 3.63) is 64.2 Å². The van der Waals surface area contributed by atoms with Crippen LogP contribution < -0.4 is 5.32 Å². The van der Waals surface area contributed by atoms with Crippen molar-refractivity contribution in [2.24, 2.45) is 0 Å². The van der Waals surface area contributed by atoms with E-state index in [1.807, 2.05) is 37.3 Å². The molecule has 98 valence electrons. The summed E-state index contributed by atoms with van der Waals surface area (Å²) in [5.41, 5.74) is 3.51. The Bertz CT molecular complexity index is 607. The first kappa shape index (κ1) is 13.6. The number of aryl methyl sites for hydroxylation is 2. The van der Waals surface area contributed by atoms with Crippen molar-refractivity contribution in [3.8, 4) is 0 Å². The first-order chi connectivity index (χ1) is 9.11. The van der Waals surface area contributed by atoms with Crippen molar-refractivity contribution in [2.75, 3.05) is 5.32 Å². The maximum absolute atomic E-state index is 12.2. The van der Waals surface area contributed by atoms with Gasteiger partial charge in [0.25, 0.3) is 5.91 Å². The molecule has 0 saturated heterocycles. The van der Waals surface area contributed by atoms with E-state index in [4.69, 9.17) is 11.6 Å². The van der Waals surface area contributed by atoms with Crippen LogP contribution in [0.3, 0.4) is 0 Å². The monoisotopic (exact) mass is 273 g/mol. The van der Waals surface area contributed by atoms with Crippen LogP contribution in [-0.2, 0) is 6.42 Å². The topological polar surface area (TPSA) is 29.1 Å². The molecule has 2 aromatic carbocycles. The summed E-state index contributed by atoms with van der Waals surface area (Å²) in [6.45, 7) is 3.98. The lowest BCUT2D eigenvalue weighted by atomic mass is 10.1. The Kier molecular flexibility index (Phi) is 4.23. The molecule has 0 aromatic heterocycles. The summed E-state index contributed by atoms with van der Waals surface area (Å²) in [6, 6.07) is 13.1. The third-order valence-corrected chi connectivity index (χ3v) is 3.49. The van der Waals surface area contributed by atoms with Crippen LogP contribution in [0.5, 0.6) is 0 Å². The molecule has 0 heterocycles. The molecule has 2 nitrogen and oxygen atoms in total. The molecular weight excluding hydrogens is 258 g/mol. The summed E-state index contributed by atoms with van der Waals surface area (Å²) in [4.78, 5) is 12.2. The lowest BCUT2D eigenvalue weighted by Gasteiger charge is -2.10. The van der Waals surface area contributed by atoms with E-state index in [9.17, 15) is 4.79 Å². The molecule has 2 aromatic rings. The SMILES string of the molecule is CCc1ccccc1NC(=O)c1ccc(C)c(Cl)c1. The number of amides is 1. The zero-order chi connectivity index (χ0) is 13.8. The van der Waals surface area contributed by atoms with Gasteiger partial charge in [-0.3, -0.25) is 4.79 Å². The Hall–Kier alpha value is -1.80. The molecule has 19 heavy (non-hydrogen) atoms. The Morgan fingerprint density at radius 1 is 1.21 bits per heavy atom. The van der Waals surface area contributed by atoms with Gasteiger partial charge in [-0.2, -0.15) is 0 Å². The van der Waals surface area contributed by atoms with Gasteiger partial charge in [0, 0.05) is 16.3 Å². The van der Waals surface area contributed by atoms with E-state index in [0.717, 1.165) is 23.2 Å². The fourth-order valence-electron chi connectivity index (χ4n) is 1.88. The van der Waals surface area contributed by atoms with E-state index in [1.54, 1.807) is 12.1 Å². The van der Waals surface area contributed by atoms with Gasteiger partial charge in [0.1, 0.15) is 0 Å². The molecule has 0 aliphatic rings. The number of carbonyl (C=O) groups is 1. The lowest BCUT2D eigenvalue weighted by molar-refractivity contribution is 0.102. The minimum atomic E-state index is -0.136. The summed E-state index contributed by atoms with van der Waals surface area (Å²) in [5.74, 6) is -0.136. The van der Waals surface area contributed by atoms with Crippen LogP contribution in [0.4, 0.5) is 5.69 Å². The van der Waals surface area contributed by atoms with Crippen LogP contribution in [0, 0.1) is 6.92 Å². The number of benzene rings is 2. The molecule has 0 aliphatic carbocycles. The Labute approximate surface area is 118 Å². The zero-order valence-corrected chi connectivity index (χ0v) is 11.8. The van der Waals surface area contributed by atoms with Gasteiger partial charge >= 0.3 is 0 Å². The third-order valence-electron chi connectivity index (χ3n) is 3.08. The molecule has 1 N–H and O–H groups in total. The number of para-hydroxylation sites is 1. The second-order valence-corrected chi connectivity index (χ2v) is 4.84. The maximum Gasteiger partial charge on any atom is 0.255 e. The highest BCUT2D eigenvalue weighted by Gasteiger charge is 2.09. The quantitative estimate of drug-likeness (QED) is 0.879. The number of hydrogen-bond donors (Lipinski definition) is 1. The lowest BCUT2D eigenvalue weighted by Crippen LogP contribution is -2.13. The van der Waals surface area contributed by atoms with E-state index in [0.29, 0.717) is 10.6 Å². The second-order valence-electron chi connectivity index (χ2n) is 4.43. The highest BCUT2D eigenvalue weighted by molar-refractivity contribution is 6.31. The molecule has 0 radical (unpaired) electrons. The summed E-state index contributed by atoms with van der Waals surface area (Å²) in [6.07, 6.45) is 0.880. The fraction of sp³-hybridized carbons (Fsp3) is 0.188. The highest BCUT2D eigenvalue weighted by atomic mass is 35.5. The molecule has 0 fully saturated rings. The van der Waals surface area contributed by atoms with Gasteiger partial charge in [0.15, 0.2) is 0 Å². The van der Waals surface area contributed by atoms with Crippen molar-refractivity contribution in [1.29, 1.82) is 0 Å². The van der Waals surface area contributed by atoms with Crippen LogP contribution in [-0.4, -0.2) is 5.91 Å². The van der Waals surface area contributed by atoms with Crippen LogP contribution in [0.25, 0.3) is 0 Å². The number of nitrogens with one attached hydrogen (secondary N) is 1. The second kappa shape index (κ2) is 5.89. The van der Waals surface area contributed by atoms with Crippen LogP contribution in [0.1, 0.15) is 28.4 Å². The molecule has 2 rings (SSSR count). The molecule has 0 atom stereocenters. The zero-order valence-electron chi connectivity index (χ0n) is 11.0. The van der Waals surface area contributed by atoms with Gasteiger partial charge in [-0.25, -0.2) is 0 Å². The molecule has 0 unspecified atom stereocenters. The molecule has 1 amide bonds. The first-order valence-corrected chi connectivity index (χ1v) is 6.65. The number of rotatable bonds is 3. The van der Waals surface area contributed by atoms with E-state index >= 15 is 0 Å². The number of anilines is 1. The number of hydrogen-bond acceptors (Lipinski definition) is 1. The third kappa shape index (κ3) is 3.15. The normalized spacial score (nSPS) is 10.3. The van der Waals surface area contributed by atoms with Crippen molar-refractivity contribution >= 4 is 23.2 Å². The van der Waals surface area contributed by atoms with E-state index in [2.05, 4.69) is 12.2 Å². The smallest absolute Gasteiger partial charge is 0.255 e. The van der Waals surface area contributed by atoms with Crippen molar-refractivity contribution in [1.82, 2.24) is 0 Å². The van der Waals surface area contributed by atoms with Gasteiger partial charge in [-0.1, -0.05) is 42.8 Å². The van der Waals surface area contributed by atoms with Crippen LogP contribution in [0.2, 0.25) is 5.02 Å². The Balaban J connectivity index is 2.23. The minimum Gasteiger partial charge on any atom is -0.322 e. The summed E-state index contributed by atoms with van der Waals surface area (Å²) >= 11 is 6.04. The summed E-state index contributed by atoms with van der Waals surface area (Å²) in [5, 5.41) is 3.53. The predicted octanol–water partition coefficient (Wildman–Crippen LogP) is 4.46. The first-order valence-electron chi connectivity index (χ1n) is 6.27. The number of carbonyl (C=O) groups excluding carboxylic acids is 1. The molecule has 0 aliphatic heterocycles. The Morgan fingerprint density at radius 3 is 2.63 bits per heavy atom. The van der Waals surface area contributed by atoms with Gasteiger partial charge < -0.3 is 5.32 Å². The summed E-state index contributed by atoms with van der Waals surface area (Å²) < 4.78 is 0. The minimum absolute atomic E-state index is 0.136. The number of halogens is 1.